The highest BCUT2D eigenvalue weighted by Crippen LogP contribution is 2.22. The minimum Gasteiger partial charge on any atom is -0.322 e. The topological polar surface area (TPSA) is 90.1 Å². The molecule has 3 rings (SSSR count). The minimum atomic E-state index is -0.956. The maximum Gasteiger partial charge on any atom is 0.306 e. The van der Waals surface area contributed by atoms with E-state index in [4.69, 9.17) is 0 Å². The van der Waals surface area contributed by atoms with Gasteiger partial charge in [0, 0.05) is 23.5 Å². The number of halogens is 2. The Morgan fingerprint density at radius 3 is 2.62 bits per heavy atom. The zero-order valence-electron chi connectivity index (χ0n) is 13.2. The maximum atomic E-state index is 13.3. The first kappa shape index (κ1) is 17.7. The Labute approximate surface area is 155 Å². The number of nitro groups is 1. The average molecular weight is 419 g/mol. The molecule has 0 bridgehead atoms. The second kappa shape index (κ2) is 7.44. The molecule has 0 atom stereocenters. The van der Waals surface area contributed by atoms with Crippen LogP contribution < -0.4 is 5.32 Å². The van der Waals surface area contributed by atoms with E-state index in [-0.39, 0.29) is 5.69 Å². The van der Waals surface area contributed by atoms with Crippen LogP contribution in [0, 0.1) is 15.9 Å². The molecule has 0 saturated carbocycles. The number of hydrogen-bond acceptors (Lipinski definition) is 4. The Hall–Kier alpha value is -3.07. The SMILES string of the molecule is O=C(Nc1ccc(F)c([N+](=O)[O-])c1)c1ccc(Cn2cc(Br)cn2)cc1. The molecule has 9 heteroatoms. The van der Waals surface area contributed by atoms with Gasteiger partial charge in [0.1, 0.15) is 0 Å². The summed E-state index contributed by atoms with van der Waals surface area (Å²) < 4.78 is 16.0. The number of aromatic nitrogens is 2. The number of nitro benzene ring substituents is 1. The minimum absolute atomic E-state index is 0.147. The normalized spacial score (nSPS) is 10.5. The van der Waals surface area contributed by atoms with Crippen molar-refractivity contribution in [1.82, 2.24) is 9.78 Å². The lowest BCUT2D eigenvalue weighted by molar-refractivity contribution is -0.387. The van der Waals surface area contributed by atoms with Gasteiger partial charge in [0.05, 0.1) is 22.1 Å². The van der Waals surface area contributed by atoms with E-state index in [2.05, 4.69) is 26.3 Å². The van der Waals surface area contributed by atoms with E-state index in [0.717, 1.165) is 22.2 Å². The number of carbonyl (C=O) groups is 1. The van der Waals surface area contributed by atoms with Gasteiger partial charge < -0.3 is 5.32 Å². The highest BCUT2D eigenvalue weighted by Gasteiger charge is 2.15. The van der Waals surface area contributed by atoms with Crippen LogP contribution in [0.3, 0.4) is 0 Å². The summed E-state index contributed by atoms with van der Waals surface area (Å²) in [5.41, 5.74) is 0.786. The van der Waals surface area contributed by atoms with Gasteiger partial charge in [-0.2, -0.15) is 9.49 Å². The van der Waals surface area contributed by atoms with Crippen molar-refractivity contribution in [2.75, 3.05) is 5.32 Å². The summed E-state index contributed by atoms with van der Waals surface area (Å²) >= 11 is 3.32. The van der Waals surface area contributed by atoms with Crippen LogP contribution in [0.15, 0.2) is 59.3 Å². The lowest BCUT2D eigenvalue weighted by atomic mass is 10.1. The van der Waals surface area contributed by atoms with Crippen molar-refractivity contribution in [3.63, 3.8) is 0 Å². The fraction of sp³-hybridized carbons (Fsp3) is 0.0588. The van der Waals surface area contributed by atoms with E-state index in [1.54, 1.807) is 35.1 Å². The Bertz CT molecular complexity index is 972. The molecule has 0 saturated heterocycles. The molecule has 1 N–H and O–H groups in total. The first-order chi connectivity index (χ1) is 12.4. The number of anilines is 1. The summed E-state index contributed by atoms with van der Waals surface area (Å²) in [5.74, 6) is -1.40. The van der Waals surface area contributed by atoms with Crippen molar-refractivity contribution in [1.29, 1.82) is 0 Å². The van der Waals surface area contributed by atoms with E-state index < -0.39 is 22.3 Å². The molecule has 0 aliphatic rings. The Morgan fingerprint density at radius 2 is 2.00 bits per heavy atom. The molecule has 0 spiro atoms. The summed E-state index contributed by atoms with van der Waals surface area (Å²) in [7, 11) is 0. The van der Waals surface area contributed by atoms with Gasteiger partial charge in [-0.15, -0.1) is 0 Å². The number of rotatable bonds is 5. The van der Waals surface area contributed by atoms with Crippen molar-refractivity contribution >= 4 is 33.2 Å². The number of hydrogen-bond donors (Lipinski definition) is 1. The number of nitrogens with one attached hydrogen (secondary N) is 1. The molecule has 1 amide bonds. The zero-order valence-corrected chi connectivity index (χ0v) is 14.8. The molecule has 0 aliphatic heterocycles. The fourth-order valence-corrected chi connectivity index (χ4v) is 2.63. The van der Waals surface area contributed by atoms with Crippen LogP contribution in [-0.2, 0) is 6.54 Å². The van der Waals surface area contributed by atoms with Crippen LogP contribution in [0.2, 0.25) is 0 Å². The van der Waals surface area contributed by atoms with Gasteiger partial charge in [0.25, 0.3) is 5.91 Å². The van der Waals surface area contributed by atoms with Gasteiger partial charge in [-0.25, -0.2) is 0 Å². The number of nitrogens with zero attached hydrogens (tertiary/aromatic N) is 3. The largest absolute Gasteiger partial charge is 0.322 e. The molecular weight excluding hydrogens is 407 g/mol. The Morgan fingerprint density at radius 1 is 1.27 bits per heavy atom. The smallest absolute Gasteiger partial charge is 0.306 e. The third-order valence-corrected chi connectivity index (χ3v) is 3.97. The monoisotopic (exact) mass is 418 g/mol. The molecule has 0 aliphatic carbocycles. The first-order valence-corrected chi connectivity index (χ1v) is 8.24. The van der Waals surface area contributed by atoms with Gasteiger partial charge >= 0.3 is 5.69 Å². The molecule has 2 aromatic carbocycles. The molecule has 1 aromatic heterocycles. The first-order valence-electron chi connectivity index (χ1n) is 7.44. The molecule has 0 fully saturated rings. The van der Waals surface area contributed by atoms with Crippen molar-refractivity contribution in [3.05, 3.63) is 86.4 Å². The van der Waals surface area contributed by atoms with Crippen LogP contribution in [0.25, 0.3) is 0 Å². The van der Waals surface area contributed by atoms with Crippen LogP contribution in [0.4, 0.5) is 15.8 Å². The lowest BCUT2D eigenvalue weighted by Gasteiger charge is -2.07. The number of benzene rings is 2. The lowest BCUT2D eigenvalue weighted by Crippen LogP contribution is -2.12. The predicted molar refractivity (Wildman–Crippen MR) is 96.5 cm³/mol. The second-order valence-electron chi connectivity index (χ2n) is 5.43. The van der Waals surface area contributed by atoms with E-state index >= 15 is 0 Å². The molecule has 26 heavy (non-hydrogen) atoms. The Balaban J connectivity index is 1.70. The maximum absolute atomic E-state index is 13.3. The molecule has 1 heterocycles. The summed E-state index contributed by atoms with van der Waals surface area (Å²) in [6.45, 7) is 0.553. The molecule has 3 aromatic rings. The highest BCUT2D eigenvalue weighted by molar-refractivity contribution is 9.10. The quantitative estimate of drug-likeness (QED) is 0.500. The standard InChI is InChI=1S/C17H12BrFN4O3/c18-13-8-20-22(10-13)9-11-1-3-12(4-2-11)17(24)21-14-5-6-15(19)16(7-14)23(25)26/h1-8,10H,9H2,(H,21,24). The highest BCUT2D eigenvalue weighted by atomic mass is 79.9. The van der Waals surface area contributed by atoms with Crippen molar-refractivity contribution < 1.29 is 14.1 Å². The second-order valence-corrected chi connectivity index (χ2v) is 6.35. The summed E-state index contributed by atoms with van der Waals surface area (Å²) in [6.07, 6.45) is 3.52. The van der Waals surface area contributed by atoms with Gasteiger partial charge in [-0.05, 0) is 45.8 Å². The van der Waals surface area contributed by atoms with Gasteiger partial charge in [-0.3, -0.25) is 19.6 Å². The van der Waals surface area contributed by atoms with Crippen LogP contribution in [0.1, 0.15) is 15.9 Å². The van der Waals surface area contributed by atoms with Crippen LogP contribution in [0.5, 0.6) is 0 Å². The van der Waals surface area contributed by atoms with E-state index in [9.17, 15) is 19.3 Å². The molecular formula is C17H12BrFN4O3. The molecule has 132 valence electrons. The van der Waals surface area contributed by atoms with E-state index in [0.29, 0.717) is 12.1 Å². The van der Waals surface area contributed by atoms with E-state index in [1.165, 1.54) is 6.07 Å². The van der Waals surface area contributed by atoms with Gasteiger partial charge in [0.15, 0.2) is 0 Å². The van der Waals surface area contributed by atoms with Crippen molar-refractivity contribution in [2.24, 2.45) is 0 Å². The van der Waals surface area contributed by atoms with Gasteiger partial charge in [-0.1, -0.05) is 12.1 Å². The van der Waals surface area contributed by atoms with Gasteiger partial charge in [0.2, 0.25) is 5.82 Å². The molecule has 0 unspecified atom stereocenters. The van der Waals surface area contributed by atoms with Crippen LogP contribution in [-0.4, -0.2) is 20.6 Å². The summed E-state index contributed by atoms with van der Waals surface area (Å²) in [4.78, 5) is 22.2. The molecule has 7 nitrogen and oxygen atoms in total. The average Bonchev–Trinajstić information content (AvgIpc) is 3.01. The fourth-order valence-electron chi connectivity index (χ4n) is 2.31. The summed E-state index contributed by atoms with van der Waals surface area (Å²) in [5, 5.41) is 17.4. The van der Waals surface area contributed by atoms with Crippen LogP contribution >= 0.6 is 15.9 Å². The number of carbonyl (C=O) groups excluding carboxylic acids is 1. The molecule has 0 radical (unpaired) electrons. The van der Waals surface area contributed by atoms with Crippen molar-refractivity contribution in [2.45, 2.75) is 6.54 Å². The third-order valence-electron chi connectivity index (χ3n) is 3.56. The predicted octanol–water partition coefficient (Wildman–Crippen LogP) is 3.99. The third kappa shape index (κ3) is 4.12. The van der Waals surface area contributed by atoms with E-state index in [1.807, 2.05) is 6.20 Å². The Kier molecular flexibility index (Phi) is 5.08. The summed E-state index contributed by atoms with van der Waals surface area (Å²) in [6, 6.07) is 10.1. The zero-order chi connectivity index (χ0) is 18.7. The van der Waals surface area contributed by atoms with Crippen molar-refractivity contribution in [3.8, 4) is 0 Å². The number of amides is 1.